The summed E-state index contributed by atoms with van der Waals surface area (Å²) in [6.45, 7) is 0.742. The largest absolute Gasteiger partial charge is 0.468 e. The topological polar surface area (TPSA) is 121 Å². The molecule has 9 heteroatoms. The van der Waals surface area contributed by atoms with Crippen LogP contribution in [0.25, 0.3) is 0 Å². The molecule has 3 aromatic rings. The van der Waals surface area contributed by atoms with Crippen molar-refractivity contribution in [2.24, 2.45) is 0 Å². The number of rotatable bonds is 10. The van der Waals surface area contributed by atoms with E-state index in [1.807, 2.05) is 60.7 Å². The molecule has 4 N–H and O–H groups in total. The summed E-state index contributed by atoms with van der Waals surface area (Å²) in [5.41, 5.74) is 3.65. The van der Waals surface area contributed by atoms with E-state index < -0.39 is 11.0 Å². The number of methoxy groups -OCH3 is 1. The number of benzene rings is 2. The summed E-state index contributed by atoms with van der Waals surface area (Å²) in [5, 5.41) is 12.9. The van der Waals surface area contributed by atoms with E-state index in [2.05, 4.69) is 26.3 Å². The average Bonchev–Trinajstić information content (AvgIpc) is 3.71. The summed E-state index contributed by atoms with van der Waals surface area (Å²) in [6, 6.07) is 19.7. The summed E-state index contributed by atoms with van der Waals surface area (Å²) >= 11 is 0. The molecule has 3 aliphatic rings. The highest BCUT2D eigenvalue weighted by Gasteiger charge is 2.51. The van der Waals surface area contributed by atoms with Crippen molar-refractivity contribution >= 4 is 29.3 Å². The number of esters is 1. The smallest absolute Gasteiger partial charge is 0.326 e. The van der Waals surface area contributed by atoms with Crippen LogP contribution in [0.4, 0.5) is 11.5 Å². The highest BCUT2D eigenvalue weighted by atomic mass is 16.5. The number of carbonyl (C=O) groups excluding carboxylic acids is 3. The summed E-state index contributed by atoms with van der Waals surface area (Å²) in [6.07, 6.45) is 7.15. The van der Waals surface area contributed by atoms with Crippen LogP contribution in [0.5, 0.6) is 0 Å². The van der Waals surface area contributed by atoms with Crippen molar-refractivity contribution < 1.29 is 19.1 Å². The zero-order valence-corrected chi connectivity index (χ0v) is 23.9. The molecule has 9 nitrogen and oxygen atoms in total. The summed E-state index contributed by atoms with van der Waals surface area (Å²) in [5.74, 6) is 0.278. The van der Waals surface area contributed by atoms with E-state index in [0.29, 0.717) is 37.3 Å². The Balaban J connectivity index is 1.08. The molecule has 6 rings (SSSR count). The predicted molar refractivity (Wildman–Crippen MR) is 160 cm³/mol. The molecular formula is C33H37N5O4. The Labute approximate surface area is 245 Å². The molecule has 1 aromatic heterocycles. The van der Waals surface area contributed by atoms with Gasteiger partial charge in [-0.05, 0) is 73.5 Å². The van der Waals surface area contributed by atoms with E-state index in [1.165, 1.54) is 7.11 Å². The molecule has 42 heavy (non-hydrogen) atoms. The van der Waals surface area contributed by atoms with E-state index in [0.717, 1.165) is 47.9 Å². The van der Waals surface area contributed by atoms with Crippen molar-refractivity contribution in [3.05, 3.63) is 89.1 Å². The van der Waals surface area contributed by atoms with Gasteiger partial charge in [0.25, 0.3) is 0 Å². The Hall–Kier alpha value is -4.08. The Morgan fingerprint density at radius 1 is 1.02 bits per heavy atom. The van der Waals surface area contributed by atoms with Crippen LogP contribution < -0.4 is 21.3 Å². The van der Waals surface area contributed by atoms with Gasteiger partial charge in [0, 0.05) is 23.5 Å². The van der Waals surface area contributed by atoms with Gasteiger partial charge in [0.2, 0.25) is 11.8 Å². The van der Waals surface area contributed by atoms with E-state index in [-0.39, 0.29) is 30.4 Å². The maximum Gasteiger partial charge on any atom is 0.326 e. The van der Waals surface area contributed by atoms with Gasteiger partial charge in [-0.15, -0.1) is 0 Å². The van der Waals surface area contributed by atoms with Gasteiger partial charge in [0.1, 0.15) is 11.4 Å². The third kappa shape index (κ3) is 5.30. The van der Waals surface area contributed by atoms with E-state index >= 15 is 0 Å². The Kier molecular flexibility index (Phi) is 7.79. The standard InChI is InChI=1S/C33H37N5O4/c1-42-31(41)33(14-5-6-15-33)36-17-13-27(22-8-3-2-4-9-22)35-21-28(39)37-25-12-11-23-19-32(20-24(23)18-25)26-10-7-16-34-29(26)38-30(32)40/h2-4,7-12,16,18,27,35-36H,5-6,13-15,17,19-21H2,1H3,(H,37,39)(H,34,38,40)/t27-,32?/m0/s1. The number of hydrogen-bond donors (Lipinski definition) is 4. The molecule has 1 unspecified atom stereocenters. The van der Waals surface area contributed by atoms with Crippen LogP contribution in [0.2, 0.25) is 0 Å². The number of nitrogens with zero attached hydrogens (tertiary/aromatic N) is 1. The van der Waals surface area contributed by atoms with Gasteiger partial charge in [-0.2, -0.15) is 0 Å². The van der Waals surface area contributed by atoms with Crippen LogP contribution in [0.1, 0.15) is 60.4 Å². The van der Waals surface area contributed by atoms with Gasteiger partial charge in [-0.3, -0.25) is 14.4 Å². The van der Waals surface area contributed by atoms with Crippen molar-refractivity contribution in [1.29, 1.82) is 0 Å². The van der Waals surface area contributed by atoms with Crippen molar-refractivity contribution in [1.82, 2.24) is 15.6 Å². The summed E-state index contributed by atoms with van der Waals surface area (Å²) in [4.78, 5) is 42.9. The Morgan fingerprint density at radius 2 is 1.81 bits per heavy atom. The second-order valence-corrected chi connectivity index (χ2v) is 11.7. The van der Waals surface area contributed by atoms with Gasteiger partial charge >= 0.3 is 5.97 Å². The van der Waals surface area contributed by atoms with Crippen LogP contribution in [-0.4, -0.2) is 48.5 Å². The number of pyridine rings is 1. The molecule has 1 spiro atoms. The quantitative estimate of drug-likeness (QED) is 0.275. The van der Waals surface area contributed by atoms with Crippen molar-refractivity contribution in [3.63, 3.8) is 0 Å². The first-order valence-corrected chi connectivity index (χ1v) is 14.7. The number of carbonyl (C=O) groups is 3. The zero-order chi connectivity index (χ0) is 29.2. The first-order valence-electron chi connectivity index (χ1n) is 14.7. The number of fused-ring (bicyclic) bond motifs is 3. The predicted octanol–water partition coefficient (Wildman–Crippen LogP) is 3.81. The minimum atomic E-state index is -0.641. The fraction of sp³-hybridized carbons (Fsp3) is 0.394. The molecule has 2 amide bonds. The van der Waals surface area contributed by atoms with Gasteiger partial charge in [0.05, 0.1) is 19.1 Å². The first-order chi connectivity index (χ1) is 20.4. The van der Waals surface area contributed by atoms with Crippen molar-refractivity contribution in [3.8, 4) is 0 Å². The highest BCUT2D eigenvalue weighted by molar-refractivity contribution is 6.06. The molecular weight excluding hydrogens is 530 g/mol. The minimum absolute atomic E-state index is 0.0194. The van der Waals surface area contributed by atoms with Crippen LogP contribution in [-0.2, 0) is 37.4 Å². The number of hydrogen-bond acceptors (Lipinski definition) is 7. The second-order valence-electron chi connectivity index (χ2n) is 11.7. The summed E-state index contributed by atoms with van der Waals surface area (Å²) < 4.78 is 5.10. The van der Waals surface area contributed by atoms with Crippen LogP contribution >= 0.6 is 0 Å². The second kappa shape index (κ2) is 11.7. The third-order valence-electron chi connectivity index (χ3n) is 9.10. The lowest BCUT2D eigenvalue weighted by Crippen LogP contribution is -2.51. The molecule has 0 saturated heterocycles. The van der Waals surface area contributed by atoms with Gasteiger partial charge < -0.3 is 26.0 Å². The molecule has 2 atom stereocenters. The molecule has 2 heterocycles. The zero-order valence-electron chi connectivity index (χ0n) is 23.9. The lowest BCUT2D eigenvalue weighted by Gasteiger charge is -2.28. The SMILES string of the molecule is COC(=O)C1(NCC[C@H](NCC(=O)Nc2ccc3c(c2)CC2(C3)C(=O)Nc3ncccc32)c2ccccc2)CCCC1. The van der Waals surface area contributed by atoms with Crippen LogP contribution in [0.15, 0.2) is 66.9 Å². The maximum absolute atomic E-state index is 13.1. The monoisotopic (exact) mass is 567 g/mol. The van der Waals surface area contributed by atoms with E-state index in [1.54, 1.807) is 6.20 Å². The highest BCUT2D eigenvalue weighted by Crippen LogP contribution is 2.47. The molecule has 1 saturated carbocycles. The third-order valence-corrected chi connectivity index (χ3v) is 9.10. The lowest BCUT2D eigenvalue weighted by atomic mass is 9.79. The van der Waals surface area contributed by atoms with Crippen molar-refractivity contribution in [2.45, 2.75) is 61.9 Å². The number of amides is 2. The number of ether oxygens (including phenoxy) is 1. The molecule has 2 aromatic carbocycles. The van der Waals surface area contributed by atoms with Crippen LogP contribution in [0.3, 0.4) is 0 Å². The first kappa shape index (κ1) is 28.1. The van der Waals surface area contributed by atoms with Gasteiger partial charge in [-0.1, -0.05) is 55.3 Å². The Morgan fingerprint density at radius 3 is 2.60 bits per heavy atom. The number of nitrogens with one attached hydrogen (secondary N) is 4. The number of anilines is 2. The minimum Gasteiger partial charge on any atom is -0.468 e. The number of aromatic nitrogens is 1. The fourth-order valence-electron chi connectivity index (χ4n) is 6.92. The average molecular weight is 568 g/mol. The normalized spacial score (nSPS) is 20.5. The molecule has 0 radical (unpaired) electrons. The molecule has 1 fully saturated rings. The summed E-state index contributed by atoms with van der Waals surface area (Å²) in [7, 11) is 1.44. The molecule has 2 aliphatic carbocycles. The molecule has 218 valence electrons. The van der Waals surface area contributed by atoms with E-state index in [9.17, 15) is 14.4 Å². The Bertz CT molecular complexity index is 1490. The van der Waals surface area contributed by atoms with Crippen molar-refractivity contribution in [2.75, 3.05) is 30.8 Å². The van der Waals surface area contributed by atoms with Gasteiger partial charge in [0.15, 0.2) is 0 Å². The molecule has 0 bridgehead atoms. The maximum atomic E-state index is 13.1. The van der Waals surface area contributed by atoms with Gasteiger partial charge in [-0.25, -0.2) is 4.98 Å². The van der Waals surface area contributed by atoms with E-state index in [4.69, 9.17) is 4.74 Å². The fourth-order valence-corrected chi connectivity index (χ4v) is 6.92. The van der Waals surface area contributed by atoms with Crippen LogP contribution in [0, 0.1) is 0 Å². The lowest BCUT2D eigenvalue weighted by molar-refractivity contribution is -0.148. The molecule has 1 aliphatic heterocycles.